The van der Waals surface area contributed by atoms with E-state index in [1.54, 1.807) is 0 Å². The molecule has 158 valence electrons. The predicted molar refractivity (Wildman–Crippen MR) is 130 cm³/mol. The van der Waals surface area contributed by atoms with Crippen LogP contribution in [-0.4, -0.2) is 0 Å². The fourth-order valence-electron chi connectivity index (χ4n) is 5.58. The van der Waals surface area contributed by atoms with Gasteiger partial charge in [-0.3, -0.25) is 0 Å². The van der Waals surface area contributed by atoms with E-state index in [9.17, 15) is 0 Å². The third-order valence-electron chi connectivity index (χ3n) is 7.90. The molecule has 0 saturated carbocycles. The summed E-state index contributed by atoms with van der Waals surface area (Å²) in [6, 6.07) is 12.0. The molecule has 0 bridgehead atoms. The number of pyridine rings is 1. The second kappa shape index (κ2) is 6.67. The number of aromatic nitrogens is 1. The van der Waals surface area contributed by atoms with E-state index in [0.717, 1.165) is 0 Å². The highest BCUT2D eigenvalue weighted by Crippen LogP contribution is 2.49. The van der Waals surface area contributed by atoms with Crippen LogP contribution in [0.25, 0.3) is 22.0 Å². The molecule has 0 unspecified atom stereocenters. The topological polar surface area (TPSA) is 3.88 Å². The van der Waals surface area contributed by atoms with Gasteiger partial charge < -0.3 is 0 Å². The van der Waals surface area contributed by atoms with Crippen molar-refractivity contribution in [2.45, 2.75) is 92.0 Å². The molecule has 2 aromatic carbocycles. The van der Waals surface area contributed by atoms with Gasteiger partial charge >= 0.3 is 0 Å². The molecule has 1 aromatic heterocycles. The highest BCUT2D eigenvalue weighted by molar-refractivity contribution is 5.97. The normalized spacial score (nSPS) is 16.8. The van der Waals surface area contributed by atoms with E-state index in [-0.39, 0.29) is 11.0 Å². The Morgan fingerprint density at radius 2 is 1.47 bits per heavy atom. The molecule has 1 aliphatic rings. The van der Waals surface area contributed by atoms with Gasteiger partial charge in [0.2, 0.25) is 5.69 Å². The Labute approximate surface area is 183 Å². The van der Waals surface area contributed by atoms with Crippen LogP contribution in [0.2, 0.25) is 0 Å². The third kappa shape index (κ3) is 2.77. The molecule has 1 aliphatic heterocycles. The van der Waals surface area contributed by atoms with Crippen LogP contribution in [0.5, 0.6) is 0 Å². The number of aryl methyl sites for hydroxylation is 2. The zero-order valence-corrected chi connectivity index (χ0v) is 20.6. The van der Waals surface area contributed by atoms with Crippen molar-refractivity contribution in [3.05, 3.63) is 64.3 Å². The summed E-state index contributed by atoms with van der Waals surface area (Å²) in [5.74, 6) is 1.01. The molecule has 1 nitrogen and oxygen atoms in total. The minimum Gasteiger partial charge on any atom is -0.192 e. The Hall–Kier alpha value is -2.15. The summed E-state index contributed by atoms with van der Waals surface area (Å²) >= 11 is 0. The average molecular weight is 401 g/mol. The third-order valence-corrected chi connectivity index (χ3v) is 7.90. The minimum absolute atomic E-state index is 0.0298. The highest BCUT2D eigenvalue weighted by Gasteiger charge is 2.53. The zero-order chi connectivity index (χ0) is 22.2. The first kappa shape index (κ1) is 21.1. The van der Waals surface area contributed by atoms with Crippen LogP contribution in [-0.2, 0) is 11.0 Å². The molecule has 0 atom stereocenters. The van der Waals surface area contributed by atoms with Gasteiger partial charge in [-0.1, -0.05) is 45.4 Å². The molecule has 1 heteroatoms. The largest absolute Gasteiger partial charge is 0.221 e. The van der Waals surface area contributed by atoms with E-state index in [2.05, 4.69) is 110 Å². The van der Waals surface area contributed by atoms with Gasteiger partial charge in [-0.2, -0.15) is 4.57 Å². The fraction of sp³-hybridized carbons (Fsp3) is 0.483. The molecule has 0 N–H and O–H groups in total. The Morgan fingerprint density at radius 1 is 0.800 bits per heavy atom. The van der Waals surface area contributed by atoms with E-state index in [0.29, 0.717) is 11.8 Å². The summed E-state index contributed by atoms with van der Waals surface area (Å²) in [5.41, 5.74) is 9.97. The average Bonchev–Trinajstić information content (AvgIpc) is 2.63. The van der Waals surface area contributed by atoms with Gasteiger partial charge in [0.05, 0.1) is 16.4 Å². The van der Waals surface area contributed by atoms with Crippen LogP contribution in [0.4, 0.5) is 0 Å². The number of hydrogen-bond acceptors (Lipinski definition) is 0. The summed E-state index contributed by atoms with van der Waals surface area (Å²) in [7, 11) is 0. The summed E-state index contributed by atoms with van der Waals surface area (Å²) in [6.45, 7) is 23.4. The molecule has 30 heavy (non-hydrogen) atoms. The van der Waals surface area contributed by atoms with Crippen molar-refractivity contribution in [2.24, 2.45) is 0 Å². The maximum Gasteiger partial charge on any atom is 0.221 e. The second-order valence-electron chi connectivity index (χ2n) is 11.1. The van der Waals surface area contributed by atoms with E-state index < -0.39 is 0 Å². The maximum atomic E-state index is 2.56. The van der Waals surface area contributed by atoms with Crippen molar-refractivity contribution in [2.75, 3.05) is 0 Å². The molecular weight excluding hydrogens is 362 g/mol. The summed E-state index contributed by atoms with van der Waals surface area (Å²) in [6.07, 6.45) is 2.35. The number of fused-ring (bicyclic) bond motifs is 5. The predicted octanol–water partition coefficient (Wildman–Crippen LogP) is 7.68. The summed E-state index contributed by atoms with van der Waals surface area (Å²) in [4.78, 5) is 0. The summed E-state index contributed by atoms with van der Waals surface area (Å²) < 4.78 is 2.56. The van der Waals surface area contributed by atoms with Crippen molar-refractivity contribution in [3.8, 4) is 11.3 Å². The van der Waals surface area contributed by atoms with Gasteiger partial charge in [-0.05, 0) is 79.3 Å². The smallest absolute Gasteiger partial charge is 0.192 e. The van der Waals surface area contributed by atoms with E-state index in [1.807, 2.05) is 0 Å². The highest BCUT2D eigenvalue weighted by atomic mass is 15.1. The fourth-order valence-corrected chi connectivity index (χ4v) is 5.58. The van der Waals surface area contributed by atoms with Crippen LogP contribution in [0.1, 0.15) is 95.0 Å². The molecule has 2 heterocycles. The van der Waals surface area contributed by atoms with E-state index >= 15 is 0 Å². The number of nitrogens with zero attached hydrogens (tertiary/aromatic N) is 1. The lowest BCUT2D eigenvalue weighted by molar-refractivity contribution is -0.759. The Morgan fingerprint density at radius 3 is 2.07 bits per heavy atom. The van der Waals surface area contributed by atoms with E-state index in [1.165, 1.54) is 49.8 Å². The zero-order valence-electron chi connectivity index (χ0n) is 20.6. The standard InChI is InChI=1S/C29H38N/c1-17(2)21-15-23(18(3)4)22-11-12-30-27(24(22)16-21)25-14-19(5)13-20(6)26(25)28(7,8)29(30,9)10/h11-18H,1-10H3/q+1. The van der Waals surface area contributed by atoms with Gasteiger partial charge in [0.15, 0.2) is 11.7 Å². The monoisotopic (exact) mass is 400 g/mol. The van der Waals surface area contributed by atoms with Gasteiger partial charge in [0, 0.05) is 19.9 Å². The molecule has 0 aliphatic carbocycles. The molecular formula is C29H38N+. The first-order valence-electron chi connectivity index (χ1n) is 11.5. The van der Waals surface area contributed by atoms with Crippen LogP contribution in [0, 0.1) is 13.8 Å². The SMILES string of the molecule is Cc1cc(C)c2c(c1)-c1c3cc(C(C)C)cc(C(C)C)c3cc[n+]1C(C)(C)C2(C)C. The van der Waals surface area contributed by atoms with Gasteiger partial charge in [0.25, 0.3) is 0 Å². The van der Waals surface area contributed by atoms with Crippen molar-refractivity contribution in [1.29, 1.82) is 0 Å². The van der Waals surface area contributed by atoms with Crippen molar-refractivity contribution >= 4 is 10.8 Å². The van der Waals surface area contributed by atoms with Crippen LogP contribution in [0.15, 0.2) is 36.5 Å². The lowest BCUT2D eigenvalue weighted by atomic mass is 9.63. The van der Waals surface area contributed by atoms with Crippen LogP contribution >= 0.6 is 0 Å². The van der Waals surface area contributed by atoms with Crippen LogP contribution < -0.4 is 4.57 Å². The molecule has 0 amide bonds. The number of rotatable bonds is 2. The van der Waals surface area contributed by atoms with Crippen molar-refractivity contribution in [3.63, 3.8) is 0 Å². The lowest BCUT2D eigenvalue weighted by Crippen LogP contribution is -2.65. The Balaban J connectivity index is 2.26. The van der Waals surface area contributed by atoms with E-state index in [4.69, 9.17) is 0 Å². The van der Waals surface area contributed by atoms with Crippen molar-refractivity contribution in [1.82, 2.24) is 0 Å². The molecule has 4 rings (SSSR count). The molecule has 0 spiro atoms. The van der Waals surface area contributed by atoms with Crippen molar-refractivity contribution < 1.29 is 4.57 Å². The molecule has 0 fully saturated rings. The molecule has 0 saturated heterocycles. The Bertz CT molecular complexity index is 1160. The number of benzene rings is 2. The lowest BCUT2D eigenvalue weighted by Gasteiger charge is -2.43. The van der Waals surface area contributed by atoms with Gasteiger partial charge in [-0.15, -0.1) is 0 Å². The first-order valence-corrected chi connectivity index (χ1v) is 11.5. The van der Waals surface area contributed by atoms with Gasteiger partial charge in [-0.25, -0.2) is 0 Å². The maximum absolute atomic E-state index is 2.56. The second-order valence-corrected chi connectivity index (χ2v) is 11.1. The Kier molecular flexibility index (Phi) is 4.69. The van der Waals surface area contributed by atoms with Crippen LogP contribution in [0.3, 0.4) is 0 Å². The molecule has 3 aromatic rings. The first-order chi connectivity index (χ1) is 13.9. The summed E-state index contributed by atoms with van der Waals surface area (Å²) in [5, 5.41) is 2.81. The quantitative estimate of drug-likeness (QED) is 0.388. The minimum atomic E-state index is -0.0324. The van der Waals surface area contributed by atoms with Gasteiger partial charge in [0.1, 0.15) is 0 Å². The molecule has 0 radical (unpaired) electrons. The number of hydrogen-bond donors (Lipinski definition) is 0.